The normalized spacial score (nSPS) is 13.4. The van der Waals surface area contributed by atoms with E-state index in [2.05, 4.69) is 16.1 Å². The van der Waals surface area contributed by atoms with E-state index in [4.69, 9.17) is 0 Å². The molecule has 3 nitrogen and oxygen atoms in total. The Morgan fingerprint density at radius 2 is 2.00 bits per heavy atom. The van der Waals surface area contributed by atoms with E-state index in [1.807, 2.05) is 0 Å². The quantitative estimate of drug-likeness (QED) is 0.531. The minimum Gasteiger partial charge on any atom is -0.463 e. The topological polar surface area (TPSA) is 35.5 Å². The number of ether oxygens (including phenoxy) is 2. The molecule has 0 radical (unpaired) electrons. The van der Waals surface area contributed by atoms with Crippen molar-refractivity contribution >= 4 is 5.97 Å². The zero-order valence-corrected chi connectivity index (χ0v) is 8.56. The number of esters is 1. The van der Waals surface area contributed by atoms with Crippen LogP contribution in [0.15, 0.2) is 12.2 Å². The SMILES string of the molecule is C=C(COC(C)C(F)(F)F)C(=O)OCC. The molecular weight excluding hydrogens is 213 g/mol. The Morgan fingerprint density at radius 1 is 1.47 bits per heavy atom. The molecule has 0 aromatic carbocycles. The summed E-state index contributed by atoms with van der Waals surface area (Å²) in [6.45, 7) is 5.37. The largest absolute Gasteiger partial charge is 0.463 e. The Balaban J connectivity index is 3.96. The minimum atomic E-state index is -4.44. The number of carbonyl (C=O) groups is 1. The molecule has 0 N–H and O–H groups in total. The molecule has 0 spiro atoms. The summed E-state index contributed by atoms with van der Waals surface area (Å²) < 4.78 is 44.9. The molecule has 0 aromatic rings. The van der Waals surface area contributed by atoms with Gasteiger partial charge >= 0.3 is 12.1 Å². The van der Waals surface area contributed by atoms with Gasteiger partial charge in [-0.3, -0.25) is 0 Å². The Hall–Kier alpha value is -1.04. The van der Waals surface area contributed by atoms with Crippen molar-refractivity contribution < 1.29 is 27.4 Å². The highest BCUT2D eigenvalue weighted by Gasteiger charge is 2.37. The lowest BCUT2D eigenvalue weighted by molar-refractivity contribution is -0.212. The average molecular weight is 226 g/mol. The second-order valence-corrected chi connectivity index (χ2v) is 2.82. The minimum absolute atomic E-state index is 0.132. The number of hydrogen-bond acceptors (Lipinski definition) is 3. The third-order valence-corrected chi connectivity index (χ3v) is 1.53. The molecule has 0 aliphatic heterocycles. The smallest absolute Gasteiger partial charge is 0.414 e. The van der Waals surface area contributed by atoms with Crippen LogP contribution in [-0.2, 0) is 14.3 Å². The van der Waals surface area contributed by atoms with Gasteiger partial charge in [0.05, 0.1) is 18.8 Å². The van der Waals surface area contributed by atoms with Crippen molar-refractivity contribution in [2.24, 2.45) is 0 Å². The van der Waals surface area contributed by atoms with E-state index in [1.165, 1.54) is 0 Å². The predicted octanol–water partition coefficient (Wildman–Crippen LogP) is 2.07. The second kappa shape index (κ2) is 5.75. The molecule has 0 aromatic heterocycles. The van der Waals surface area contributed by atoms with Crippen molar-refractivity contribution in [1.29, 1.82) is 0 Å². The van der Waals surface area contributed by atoms with Gasteiger partial charge in [-0.25, -0.2) is 4.79 Å². The monoisotopic (exact) mass is 226 g/mol. The number of hydrogen-bond donors (Lipinski definition) is 0. The van der Waals surface area contributed by atoms with Gasteiger partial charge in [-0.05, 0) is 13.8 Å². The standard InChI is InChI=1S/C9H13F3O3/c1-4-14-8(13)6(2)5-15-7(3)9(10,11)12/h7H,2,4-5H2,1,3H3. The first-order valence-corrected chi connectivity index (χ1v) is 4.32. The highest BCUT2D eigenvalue weighted by Crippen LogP contribution is 2.22. The molecule has 15 heavy (non-hydrogen) atoms. The first-order chi connectivity index (χ1) is 6.79. The molecule has 0 bridgehead atoms. The van der Waals surface area contributed by atoms with Crippen molar-refractivity contribution in [3.05, 3.63) is 12.2 Å². The van der Waals surface area contributed by atoms with Gasteiger partial charge in [0.15, 0.2) is 6.10 Å². The summed E-state index contributed by atoms with van der Waals surface area (Å²) in [5.41, 5.74) is -0.132. The molecule has 88 valence electrons. The third-order valence-electron chi connectivity index (χ3n) is 1.53. The van der Waals surface area contributed by atoms with E-state index >= 15 is 0 Å². The lowest BCUT2D eigenvalue weighted by Crippen LogP contribution is -2.29. The van der Waals surface area contributed by atoms with E-state index in [9.17, 15) is 18.0 Å². The van der Waals surface area contributed by atoms with Crippen molar-refractivity contribution in [1.82, 2.24) is 0 Å². The van der Waals surface area contributed by atoms with Crippen LogP contribution in [0.5, 0.6) is 0 Å². The first kappa shape index (κ1) is 14.0. The van der Waals surface area contributed by atoms with Gasteiger partial charge in [-0.2, -0.15) is 13.2 Å². The maximum atomic E-state index is 12.0. The summed E-state index contributed by atoms with van der Waals surface area (Å²) in [6.07, 6.45) is -6.36. The summed E-state index contributed by atoms with van der Waals surface area (Å²) in [5, 5.41) is 0. The van der Waals surface area contributed by atoms with Gasteiger partial charge in [-0.15, -0.1) is 0 Å². The van der Waals surface area contributed by atoms with Crippen LogP contribution in [0.25, 0.3) is 0 Å². The number of rotatable bonds is 5. The molecular formula is C9H13F3O3. The van der Waals surface area contributed by atoms with Crippen LogP contribution in [0.3, 0.4) is 0 Å². The molecule has 0 amide bonds. The summed E-state index contributed by atoms with van der Waals surface area (Å²) in [6, 6.07) is 0. The summed E-state index contributed by atoms with van der Waals surface area (Å²) in [7, 11) is 0. The van der Waals surface area contributed by atoms with E-state index < -0.39 is 24.9 Å². The van der Waals surface area contributed by atoms with Gasteiger partial charge in [-0.1, -0.05) is 6.58 Å². The van der Waals surface area contributed by atoms with E-state index in [1.54, 1.807) is 6.92 Å². The zero-order chi connectivity index (χ0) is 12.1. The van der Waals surface area contributed by atoms with Crippen molar-refractivity contribution in [2.75, 3.05) is 13.2 Å². The van der Waals surface area contributed by atoms with Gasteiger partial charge < -0.3 is 9.47 Å². The van der Waals surface area contributed by atoms with E-state index in [0.717, 1.165) is 6.92 Å². The Labute approximate surface area is 85.9 Å². The lowest BCUT2D eigenvalue weighted by atomic mass is 10.3. The number of alkyl halides is 3. The fourth-order valence-corrected chi connectivity index (χ4v) is 0.612. The molecule has 0 aliphatic rings. The van der Waals surface area contributed by atoms with Crippen LogP contribution in [0.1, 0.15) is 13.8 Å². The molecule has 1 atom stereocenters. The molecule has 0 heterocycles. The maximum absolute atomic E-state index is 12.0. The predicted molar refractivity (Wildman–Crippen MR) is 47.2 cm³/mol. The van der Waals surface area contributed by atoms with Crippen LogP contribution in [0.4, 0.5) is 13.2 Å². The van der Waals surface area contributed by atoms with Gasteiger partial charge in [0.25, 0.3) is 0 Å². The molecule has 1 unspecified atom stereocenters. The van der Waals surface area contributed by atoms with Crippen molar-refractivity contribution in [3.8, 4) is 0 Å². The van der Waals surface area contributed by atoms with Crippen LogP contribution in [0.2, 0.25) is 0 Å². The van der Waals surface area contributed by atoms with E-state index in [0.29, 0.717) is 0 Å². The molecule has 0 saturated heterocycles. The maximum Gasteiger partial charge on any atom is 0.414 e. The Kier molecular flexibility index (Phi) is 5.35. The fraction of sp³-hybridized carbons (Fsp3) is 0.667. The summed E-state index contributed by atoms with van der Waals surface area (Å²) in [4.78, 5) is 10.9. The first-order valence-electron chi connectivity index (χ1n) is 4.32. The molecule has 0 fully saturated rings. The second-order valence-electron chi connectivity index (χ2n) is 2.82. The Bertz CT molecular complexity index is 235. The van der Waals surface area contributed by atoms with Crippen LogP contribution in [-0.4, -0.2) is 31.5 Å². The lowest BCUT2D eigenvalue weighted by Gasteiger charge is -2.16. The summed E-state index contributed by atoms with van der Waals surface area (Å²) in [5.74, 6) is -0.744. The summed E-state index contributed by atoms with van der Waals surface area (Å²) >= 11 is 0. The van der Waals surface area contributed by atoms with Crippen molar-refractivity contribution in [2.45, 2.75) is 26.1 Å². The van der Waals surface area contributed by atoms with Crippen molar-refractivity contribution in [3.63, 3.8) is 0 Å². The number of carbonyl (C=O) groups excluding carboxylic acids is 1. The fourth-order valence-electron chi connectivity index (χ4n) is 0.612. The van der Waals surface area contributed by atoms with Gasteiger partial charge in [0.1, 0.15) is 0 Å². The Morgan fingerprint density at radius 3 is 2.40 bits per heavy atom. The highest BCUT2D eigenvalue weighted by atomic mass is 19.4. The third kappa shape index (κ3) is 5.41. The van der Waals surface area contributed by atoms with Crippen LogP contribution in [0, 0.1) is 0 Å². The number of halogens is 3. The van der Waals surface area contributed by atoms with Gasteiger partial charge in [0, 0.05) is 0 Å². The molecule has 0 aliphatic carbocycles. The average Bonchev–Trinajstić information content (AvgIpc) is 2.12. The van der Waals surface area contributed by atoms with Crippen LogP contribution >= 0.6 is 0 Å². The highest BCUT2D eigenvalue weighted by molar-refractivity contribution is 5.87. The molecule has 6 heteroatoms. The zero-order valence-electron chi connectivity index (χ0n) is 8.56. The molecule has 0 rings (SSSR count). The van der Waals surface area contributed by atoms with Gasteiger partial charge in [0.2, 0.25) is 0 Å². The van der Waals surface area contributed by atoms with E-state index in [-0.39, 0.29) is 12.2 Å². The van der Waals surface area contributed by atoms with Crippen LogP contribution < -0.4 is 0 Å². The molecule has 0 saturated carbocycles.